The van der Waals surface area contributed by atoms with Gasteiger partial charge in [-0.1, -0.05) is 24.6 Å². The second-order valence-electron chi connectivity index (χ2n) is 14.8. The van der Waals surface area contributed by atoms with E-state index in [0.717, 1.165) is 50.7 Å². The van der Waals surface area contributed by atoms with Gasteiger partial charge in [-0.15, -0.1) is 0 Å². The van der Waals surface area contributed by atoms with Crippen molar-refractivity contribution in [3.05, 3.63) is 11.6 Å². The average molecular weight is 559 g/mol. The topological polar surface area (TPSA) is 117 Å². The molecule has 0 unspecified atom stereocenters. The number of aliphatic hydroxyl groups is 1. The molecule has 3 N–H and O–H groups in total. The Labute approximate surface area is 239 Å². The predicted octanol–water partition coefficient (Wildman–Crippen LogP) is 5.24. The van der Waals surface area contributed by atoms with E-state index in [9.17, 15) is 19.8 Å². The van der Waals surface area contributed by atoms with Gasteiger partial charge in [0.25, 0.3) is 5.91 Å². The fourth-order valence-electron chi connectivity index (χ4n) is 9.45. The summed E-state index contributed by atoms with van der Waals surface area (Å²) >= 11 is 0. The van der Waals surface area contributed by atoms with E-state index in [0.29, 0.717) is 30.8 Å². The molecule has 1 amide bonds. The standard InChI is InChI=1S/C32H50N2O6/c1-29(2)18-20(11-15-39-29)26(17-28(36)37)33-27(35)19-40-34-22-8-12-30(3)21(16-22)6-7-23-24(30)9-13-31(4)25(23)10-14-32(31,5)38/h16,20,23-26,38H,6-15,17-19H2,1-5H3,(H,33,35)(H,36,37)/b34-22+/t20-,23-,24+,25+,26-,30+,31+,32+/m1/s1. The summed E-state index contributed by atoms with van der Waals surface area (Å²) in [6, 6.07) is -0.460. The number of carbonyl (C=O) groups is 2. The Balaban J connectivity index is 1.19. The maximum absolute atomic E-state index is 12.7. The van der Waals surface area contributed by atoms with Crippen LogP contribution in [-0.4, -0.2) is 58.3 Å². The number of carboxylic acid groups (broad SMARTS) is 1. The fraction of sp³-hybridized carbons (Fsp3) is 0.844. The molecule has 8 heteroatoms. The third-order valence-electron chi connectivity index (χ3n) is 12.0. The molecule has 0 aromatic heterocycles. The van der Waals surface area contributed by atoms with Gasteiger partial charge in [-0.05, 0) is 126 Å². The summed E-state index contributed by atoms with van der Waals surface area (Å²) in [6.07, 6.45) is 11.9. The highest BCUT2D eigenvalue weighted by molar-refractivity contribution is 5.96. The SMILES string of the molecule is CC1(C)C[C@H]([C@@H](CC(=O)O)NC(=O)CO/N=C2/C=C3CC[C@@H]4[C@H](CC[C@@]5(C)[C@H]4CC[C@]5(C)O)[C@@]3(C)CC2)CCO1. The van der Waals surface area contributed by atoms with Gasteiger partial charge < -0.3 is 25.1 Å². The number of rotatable bonds is 7. The van der Waals surface area contributed by atoms with Crippen molar-refractivity contribution in [1.82, 2.24) is 5.32 Å². The Morgan fingerprint density at radius 2 is 1.82 bits per heavy atom. The maximum Gasteiger partial charge on any atom is 0.305 e. The summed E-state index contributed by atoms with van der Waals surface area (Å²) in [4.78, 5) is 29.7. The van der Waals surface area contributed by atoms with Gasteiger partial charge in [0.2, 0.25) is 0 Å². The molecule has 0 aromatic rings. The number of amides is 1. The Kier molecular flexibility index (Phi) is 7.92. The maximum atomic E-state index is 12.7. The van der Waals surface area contributed by atoms with Gasteiger partial charge in [-0.3, -0.25) is 9.59 Å². The van der Waals surface area contributed by atoms with Crippen molar-refractivity contribution in [3.63, 3.8) is 0 Å². The minimum absolute atomic E-state index is 0.0336. The van der Waals surface area contributed by atoms with Gasteiger partial charge in [0.1, 0.15) is 0 Å². The van der Waals surface area contributed by atoms with Gasteiger partial charge >= 0.3 is 5.97 Å². The van der Waals surface area contributed by atoms with E-state index in [1.165, 1.54) is 18.4 Å². The van der Waals surface area contributed by atoms with E-state index < -0.39 is 17.6 Å². The Morgan fingerprint density at radius 1 is 1.07 bits per heavy atom. The zero-order valence-corrected chi connectivity index (χ0v) is 25.1. The second kappa shape index (κ2) is 10.7. The van der Waals surface area contributed by atoms with Crippen LogP contribution in [0.25, 0.3) is 0 Å². The first kappa shape index (κ1) is 29.6. The Hall–Kier alpha value is -1.93. The number of carboxylic acids is 1. The van der Waals surface area contributed by atoms with Crippen LogP contribution in [0.2, 0.25) is 0 Å². The van der Waals surface area contributed by atoms with Crippen molar-refractivity contribution < 1.29 is 29.4 Å². The number of oxime groups is 1. The monoisotopic (exact) mass is 558 g/mol. The number of nitrogens with one attached hydrogen (secondary N) is 1. The van der Waals surface area contributed by atoms with Crippen LogP contribution in [0.15, 0.2) is 16.8 Å². The summed E-state index contributed by atoms with van der Waals surface area (Å²) in [5.74, 6) is 0.699. The predicted molar refractivity (Wildman–Crippen MR) is 153 cm³/mol. The van der Waals surface area contributed by atoms with E-state index in [1.807, 2.05) is 13.8 Å². The number of hydrogen-bond acceptors (Lipinski definition) is 6. The van der Waals surface area contributed by atoms with Crippen LogP contribution in [-0.2, 0) is 19.2 Å². The van der Waals surface area contributed by atoms with Gasteiger partial charge in [0.15, 0.2) is 6.61 Å². The van der Waals surface area contributed by atoms with Crippen LogP contribution in [0, 0.1) is 34.5 Å². The van der Waals surface area contributed by atoms with Crippen molar-refractivity contribution in [2.45, 2.75) is 122 Å². The fourth-order valence-corrected chi connectivity index (χ4v) is 9.45. The molecular weight excluding hydrogens is 508 g/mol. The zero-order valence-electron chi connectivity index (χ0n) is 25.1. The normalized spacial score (nSPS) is 42.1. The van der Waals surface area contributed by atoms with Crippen molar-refractivity contribution >= 4 is 17.6 Å². The molecular formula is C32H50N2O6. The first-order valence-corrected chi connectivity index (χ1v) is 15.5. The molecule has 3 saturated carbocycles. The smallest absolute Gasteiger partial charge is 0.305 e. The minimum atomic E-state index is -0.928. The Bertz CT molecular complexity index is 1070. The van der Waals surface area contributed by atoms with Crippen LogP contribution in [0.4, 0.5) is 0 Å². The molecule has 8 atom stereocenters. The molecule has 40 heavy (non-hydrogen) atoms. The van der Waals surface area contributed by atoms with E-state index in [-0.39, 0.29) is 41.3 Å². The van der Waals surface area contributed by atoms with Crippen LogP contribution in [0.5, 0.6) is 0 Å². The van der Waals surface area contributed by atoms with Crippen LogP contribution in [0.3, 0.4) is 0 Å². The van der Waals surface area contributed by atoms with E-state index >= 15 is 0 Å². The molecule has 0 radical (unpaired) electrons. The van der Waals surface area contributed by atoms with Gasteiger partial charge in [-0.2, -0.15) is 0 Å². The minimum Gasteiger partial charge on any atom is -0.481 e. The third kappa shape index (κ3) is 5.47. The molecule has 1 aliphatic heterocycles. The van der Waals surface area contributed by atoms with Crippen LogP contribution < -0.4 is 5.32 Å². The highest BCUT2D eigenvalue weighted by atomic mass is 16.6. The van der Waals surface area contributed by atoms with Gasteiger partial charge in [0, 0.05) is 12.6 Å². The Morgan fingerprint density at radius 3 is 2.55 bits per heavy atom. The van der Waals surface area contributed by atoms with Crippen LogP contribution >= 0.6 is 0 Å². The largest absolute Gasteiger partial charge is 0.481 e. The molecule has 1 saturated heterocycles. The number of carbonyl (C=O) groups excluding carboxylic acids is 1. The van der Waals surface area contributed by atoms with Gasteiger partial charge in [-0.25, -0.2) is 0 Å². The lowest BCUT2D eigenvalue weighted by Gasteiger charge is -2.59. The summed E-state index contributed by atoms with van der Waals surface area (Å²) in [5.41, 5.74) is 1.66. The zero-order chi connectivity index (χ0) is 28.9. The third-order valence-corrected chi connectivity index (χ3v) is 12.0. The number of fused-ring (bicyclic) bond motifs is 5. The summed E-state index contributed by atoms with van der Waals surface area (Å²) in [7, 11) is 0. The summed E-state index contributed by atoms with van der Waals surface area (Å²) in [5, 5.41) is 27.8. The quantitative estimate of drug-likeness (QED) is 0.368. The van der Waals surface area contributed by atoms with E-state index in [4.69, 9.17) is 9.57 Å². The first-order chi connectivity index (χ1) is 18.7. The molecule has 4 fully saturated rings. The van der Waals surface area contributed by atoms with Crippen molar-refractivity contribution in [2.75, 3.05) is 13.2 Å². The first-order valence-electron chi connectivity index (χ1n) is 15.5. The lowest BCUT2D eigenvalue weighted by atomic mass is 9.46. The lowest BCUT2D eigenvalue weighted by molar-refractivity contribution is -0.139. The molecule has 1 heterocycles. The number of aliphatic carboxylic acids is 1. The molecule has 0 aromatic carbocycles. The molecule has 5 aliphatic rings. The molecule has 5 rings (SSSR count). The highest BCUT2D eigenvalue weighted by Gasteiger charge is 2.62. The second-order valence-corrected chi connectivity index (χ2v) is 14.8. The van der Waals surface area contributed by atoms with Crippen LogP contribution in [0.1, 0.15) is 105 Å². The average Bonchev–Trinajstić information content (AvgIpc) is 3.11. The van der Waals surface area contributed by atoms with Crippen molar-refractivity contribution in [2.24, 2.45) is 39.7 Å². The molecule has 0 bridgehead atoms. The number of nitrogens with zero attached hydrogens (tertiary/aromatic N) is 1. The lowest BCUT2D eigenvalue weighted by Crippen LogP contribution is -2.53. The number of ether oxygens (including phenoxy) is 1. The molecule has 0 spiro atoms. The summed E-state index contributed by atoms with van der Waals surface area (Å²) in [6.45, 7) is 11.2. The van der Waals surface area contributed by atoms with E-state index in [2.05, 4.69) is 37.3 Å². The number of hydrogen-bond donors (Lipinski definition) is 3. The molecule has 4 aliphatic carbocycles. The van der Waals surface area contributed by atoms with Gasteiger partial charge in [0.05, 0.1) is 23.3 Å². The summed E-state index contributed by atoms with van der Waals surface area (Å²) < 4.78 is 5.77. The van der Waals surface area contributed by atoms with Crippen molar-refractivity contribution in [1.29, 1.82) is 0 Å². The van der Waals surface area contributed by atoms with E-state index in [1.54, 1.807) is 0 Å². The highest BCUT2D eigenvalue weighted by Crippen LogP contribution is 2.67. The van der Waals surface area contributed by atoms with Crippen molar-refractivity contribution in [3.8, 4) is 0 Å². The number of allylic oxidation sites excluding steroid dienone is 2. The molecule has 224 valence electrons. The molecule has 8 nitrogen and oxygen atoms in total.